The van der Waals surface area contributed by atoms with E-state index in [4.69, 9.17) is 4.74 Å². The first-order valence-corrected chi connectivity index (χ1v) is 6.84. The normalized spacial score (nSPS) is 29.2. The van der Waals surface area contributed by atoms with Crippen LogP contribution in [0.4, 0.5) is 0 Å². The topological polar surface area (TPSA) is 24.5 Å². The molecule has 1 N–H and O–H groups in total. The highest BCUT2D eigenvalue weighted by Crippen LogP contribution is 2.19. The molecule has 0 bridgehead atoms. The van der Waals surface area contributed by atoms with E-state index in [2.05, 4.69) is 24.1 Å². The van der Waals surface area contributed by atoms with Crippen molar-refractivity contribution < 1.29 is 4.74 Å². The quantitative estimate of drug-likeness (QED) is 0.742. The average Bonchev–Trinajstić information content (AvgIpc) is 3.11. The van der Waals surface area contributed by atoms with Crippen LogP contribution >= 0.6 is 0 Å². The molecule has 0 amide bonds. The minimum absolute atomic E-state index is 0.650. The maximum absolute atomic E-state index is 5.54. The molecule has 94 valence electrons. The standard InChI is InChI=1S/C13H26N2O/c1-3-13-10-16-7-6-15(13)9-11(2)8-14-12-4-5-12/h11-14H,3-10H2,1-2H3. The van der Waals surface area contributed by atoms with E-state index < -0.39 is 0 Å². The van der Waals surface area contributed by atoms with Gasteiger partial charge in [0.25, 0.3) is 0 Å². The molecule has 2 aliphatic rings. The third-order valence-corrected chi connectivity index (χ3v) is 3.70. The Morgan fingerprint density at radius 3 is 2.94 bits per heavy atom. The number of ether oxygens (including phenoxy) is 1. The third-order valence-electron chi connectivity index (χ3n) is 3.70. The fraction of sp³-hybridized carbons (Fsp3) is 1.00. The van der Waals surface area contributed by atoms with Crippen LogP contribution in [0.1, 0.15) is 33.1 Å². The lowest BCUT2D eigenvalue weighted by atomic mass is 10.1. The second-order valence-corrected chi connectivity index (χ2v) is 5.42. The van der Waals surface area contributed by atoms with E-state index >= 15 is 0 Å². The summed E-state index contributed by atoms with van der Waals surface area (Å²) in [6, 6.07) is 1.49. The summed E-state index contributed by atoms with van der Waals surface area (Å²) < 4.78 is 5.54. The smallest absolute Gasteiger partial charge is 0.0622 e. The van der Waals surface area contributed by atoms with Gasteiger partial charge in [-0.25, -0.2) is 0 Å². The van der Waals surface area contributed by atoms with Crippen LogP contribution in [-0.4, -0.2) is 49.8 Å². The molecule has 3 heteroatoms. The Hall–Kier alpha value is -0.120. The molecule has 1 aliphatic heterocycles. The number of hydrogen-bond acceptors (Lipinski definition) is 3. The fourth-order valence-corrected chi connectivity index (χ4v) is 2.43. The summed E-state index contributed by atoms with van der Waals surface area (Å²) in [5.41, 5.74) is 0. The Kier molecular flexibility index (Phi) is 4.62. The van der Waals surface area contributed by atoms with Gasteiger partial charge >= 0.3 is 0 Å². The predicted molar refractivity (Wildman–Crippen MR) is 66.7 cm³/mol. The van der Waals surface area contributed by atoms with Crippen molar-refractivity contribution in [1.29, 1.82) is 0 Å². The lowest BCUT2D eigenvalue weighted by Crippen LogP contribution is -2.47. The van der Waals surface area contributed by atoms with Crippen LogP contribution < -0.4 is 5.32 Å². The number of nitrogens with zero attached hydrogens (tertiary/aromatic N) is 1. The van der Waals surface area contributed by atoms with Crippen molar-refractivity contribution in [1.82, 2.24) is 10.2 Å². The second kappa shape index (κ2) is 5.99. The van der Waals surface area contributed by atoms with Gasteiger partial charge in [0.05, 0.1) is 13.2 Å². The van der Waals surface area contributed by atoms with Crippen LogP contribution in [0.15, 0.2) is 0 Å². The first-order valence-electron chi connectivity index (χ1n) is 6.84. The van der Waals surface area contributed by atoms with Crippen LogP contribution in [0.25, 0.3) is 0 Å². The van der Waals surface area contributed by atoms with Gasteiger partial charge in [0, 0.05) is 25.2 Å². The lowest BCUT2D eigenvalue weighted by molar-refractivity contribution is -0.0143. The van der Waals surface area contributed by atoms with Crippen LogP contribution in [0, 0.1) is 5.92 Å². The van der Waals surface area contributed by atoms with Gasteiger partial charge in [0.1, 0.15) is 0 Å². The zero-order valence-electron chi connectivity index (χ0n) is 10.7. The van der Waals surface area contributed by atoms with Gasteiger partial charge < -0.3 is 10.1 Å². The molecule has 16 heavy (non-hydrogen) atoms. The summed E-state index contributed by atoms with van der Waals surface area (Å²) in [7, 11) is 0. The number of morpholine rings is 1. The zero-order valence-corrected chi connectivity index (χ0v) is 10.7. The molecule has 2 fully saturated rings. The van der Waals surface area contributed by atoms with Gasteiger partial charge in [-0.3, -0.25) is 4.90 Å². The van der Waals surface area contributed by atoms with Gasteiger partial charge in [-0.15, -0.1) is 0 Å². The van der Waals surface area contributed by atoms with E-state index in [9.17, 15) is 0 Å². The van der Waals surface area contributed by atoms with Crippen molar-refractivity contribution in [3.63, 3.8) is 0 Å². The molecule has 0 aromatic carbocycles. The largest absolute Gasteiger partial charge is 0.378 e. The Bertz CT molecular complexity index is 206. The van der Waals surface area contributed by atoms with Crippen molar-refractivity contribution in [3.05, 3.63) is 0 Å². The van der Waals surface area contributed by atoms with E-state index in [-0.39, 0.29) is 0 Å². The molecule has 3 nitrogen and oxygen atoms in total. The van der Waals surface area contributed by atoms with E-state index in [1.54, 1.807) is 0 Å². The number of nitrogens with one attached hydrogen (secondary N) is 1. The molecule has 1 saturated carbocycles. The van der Waals surface area contributed by atoms with Crippen LogP contribution in [-0.2, 0) is 4.74 Å². The summed E-state index contributed by atoms with van der Waals surface area (Å²) in [5.74, 6) is 0.757. The van der Waals surface area contributed by atoms with Crippen molar-refractivity contribution >= 4 is 0 Å². The maximum atomic E-state index is 5.54. The molecule has 2 unspecified atom stereocenters. The highest BCUT2D eigenvalue weighted by molar-refractivity contribution is 4.82. The van der Waals surface area contributed by atoms with Crippen LogP contribution in [0.5, 0.6) is 0 Å². The molecule has 0 aromatic heterocycles. The highest BCUT2D eigenvalue weighted by Gasteiger charge is 2.24. The molecule has 1 heterocycles. The number of hydrogen-bond donors (Lipinski definition) is 1. The second-order valence-electron chi connectivity index (χ2n) is 5.42. The van der Waals surface area contributed by atoms with Crippen molar-refractivity contribution in [2.45, 2.75) is 45.2 Å². The van der Waals surface area contributed by atoms with Gasteiger partial charge in [0.2, 0.25) is 0 Å². The Labute approximate surface area is 99.5 Å². The zero-order chi connectivity index (χ0) is 11.4. The molecule has 2 rings (SSSR count). The molecule has 1 saturated heterocycles. The van der Waals surface area contributed by atoms with Crippen LogP contribution in [0.2, 0.25) is 0 Å². The summed E-state index contributed by atoms with van der Waals surface area (Å²) in [6.45, 7) is 9.99. The Morgan fingerprint density at radius 1 is 1.44 bits per heavy atom. The van der Waals surface area contributed by atoms with Gasteiger partial charge in [0.15, 0.2) is 0 Å². The van der Waals surface area contributed by atoms with Crippen molar-refractivity contribution in [2.24, 2.45) is 5.92 Å². The minimum atomic E-state index is 0.650. The van der Waals surface area contributed by atoms with Crippen molar-refractivity contribution in [3.8, 4) is 0 Å². The number of rotatable bonds is 6. The molecule has 0 radical (unpaired) electrons. The fourth-order valence-electron chi connectivity index (χ4n) is 2.43. The SMILES string of the molecule is CCC1COCCN1CC(C)CNC1CC1. The monoisotopic (exact) mass is 226 g/mol. The first kappa shape index (κ1) is 12.3. The minimum Gasteiger partial charge on any atom is -0.378 e. The van der Waals surface area contributed by atoms with Crippen LogP contribution in [0.3, 0.4) is 0 Å². The van der Waals surface area contributed by atoms with E-state index in [1.807, 2.05) is 0 Å². The lowest BCUT2D eigenvalue weighted by Gasteiger charge is -2.36. The Morgan fingerprint density at radius 2 is 2.25 bits per heavy atom. The van der Waals surface area contributed by atoms with E-state index in [1.165, 1.54) is 32.4 Å². The van der Waals surface area contributed by atoms with E-state index in [0.29, 0.717) is 6.04 Å². The molecule has 2 atom stereocenters. The highest BCUT2D eigenvalue weighted by atomic mass is 16.5. The summed E-state index contributed by atoms with van der Waals surface area (Å²) in [4.78, 5) is 2.61. The first-order chi connectivity index (χ1) is 7.79. The molecule has 0 aromatic rings. The van der Waals surface area contributed by atoms with Gasteiger partial charge in [-0.05, 0) is 31.7 Å². The average molecular weight is 226 g/mol. The Balaban J connectivity index is 1.68. The molecular weight excluding hydrogens is 200 g/mol. The third kappa shape index (κ3) is 3.72. The molecule has 1 aliphatic carbocycles. The van der Waals surface area contributed by atoms with Crippen molar-refractivity contribution in [2.75, 3.05) is 32.8 Å². The maximum Gasteiger partial charge on any atom is 0.0622 e. The predicted octanol–water partition coefficient (Wildman–Crippen LogP) is 1.49. The van der Waals surface area contributed by atoms with Gasteiger partial charge in [-0.2, -0.15) is 0 Å². The molecule has 0 spiro atoms. The van der Waals surface area contributed by atoms with Gasteiger partial charge in [-0.1, -0.05) is 13.8 Å². The molecular formula is C13H26N2O. The summed E-state index contributed by atoms with van der Waals surface area (Å²) in [6.07, 6.45) is 3.99. The summed E-state index contributed by atoms with van der Waals surface area (Å²) >= 11 is 0. The summed E-state index contributed by atoms with van der Waals surface area (Å²) in [5, 5.41) is 3.62. The van der Waals surface area contributed by atoms with E-state index in [0.717, 1.165) is 31.7 Å².